The summed E-state index contributed by atoms with van der Waals surface area (Å²) in [5.41, 5.74) is 0.571. The molecule has 0 saturated carbocycles. The molecule has 0 bridgehead atoms. The largest absolute Gasteiger partial charge is 0.379 e. The number of fused-ring (bicyclic) bond motifs is 1. The summed E-state index contributed by atoms with van der Waals surface area (Å²) in [5, 5.41) is 3.41. The summed E-state index contributed by atoms with van der Waals surface area (Å²) in [6.07, 6.45) is 4.62. The summed E-state index contributed by atoms with van der Waals surface area (Å²) in [5.74, 6) is -0.165. The van der Waals surface area contributed by atoms with Crippen LogP contribution >= 0.6 is 11.3 Å². The third-order valence-corrected chi connectivity index (χ3v) is 5.49. The van der Waals surface area contributed by atoms with Crippen molar-refractivity contribution >= 4 is 27.5 Å². The van der Waals surface area contributed by atoms with E-state index in [9.17, 15) is 9.59 Å². The molecule has 136 valence electrons. The van der Waals surface area contributed by atoms with E-state index in [2.05, 4.69) is 10.3 Å². The number of thiophene rings is 1. The number of carbonyl (C=O) groups is 1. The molecule has 0 aliphatic carbocycles. The van der Waals surface area contributed by atoms with Crippen LogP contribution in [0, 0.1) is 6.92 Å². The molecule has 1 aliphatic heterocycles. The number of amides is 1. The lowest BCUT2D eigenvalue weighted by Gasteiger charge is -2.10. The van der Waals surface area contributed by atoms with E-state index in [1.165, 1.54) is 22.2 Å². The first-order valence-corrected chi connectivity index (χ1v) is 9.32. The van der Waals surface area contributed by atoms with Gasteiger partial charge in [0.1, 0.15) is 4.83 Å². The van der Waals surface area contributed by atoms with Gasteiger partial charge in [-0.2, -0.15) is 0 Å². The maximum atomic E-state index is 12.4. The van der Waals surface area contributed by atoms with Gasteiger partial charge in [-0.3, -0.25) is 9.59 Å². The van der Waals surface area contributed by atoms with Crippen LogP contribution in [0.15, 0.2) is 11.1 Å². The zero-order chi connectivity index (χ0) is 17.8. The Kier molecular flexibility index (Phi) is 5.82. The van der Waals surface area contributed by atoms with Crippen molar-refractivity contribution in [1.29, 1.82) is 0 Å². The van der Waals surface area contributed by atoms with Gasteiger partial charge in [0.15, 0.2) is 0 Å². The molecular weight excluding hydrogens is 342 g/mol. The highest BCUT2D eigenvalue weighted by atomic mass is 32.1. The molecule has 7 nitrogen and oxygen atoms in total. The molecule has 0 aromatic carbocycles. The van der Waals surface area contributed by atoms with Crippen molar-refractivity contribution in [3.63, 3.8) is 0 Å². The van der Waals surface area contributed by atoms with Gasteiger partial charge in [-0.15, -0.1) is 11.3 Å². The predicted octanol–water partition coefficient (Wildman–Crippen LogP) is 1.62. The fourth-order valence-electron chi connectivity index (χ4n) is 2.87. The second-order valence-corrected chi connectivity index (χ2v) is 7.22. The molecule has 25 heavy (non-hydrogen) atoms. The molecule has 3 rings (SSSR count). The molecule has 2 aromatic rings. The number of hydrogen-bond acceptors (Lipinski definition) is 6. The number of carbonyl (C=O) groups excluding carboxylic acids is 1. The van der Waals surface area contributed by atoms with Crippen LogP contribution in [0.1, 0.15) is 34.5 Å². The van der Waals surface area contributed by atoms with E-state index in [1.54, 1.807) is 14.0 Å². The van der Waals surface area contributed by atoms with Crippen LogP contribution in [0.3, 0.4) is 0 Å². The zero-order valence-electron chi connectivity index (χ0n) is 14.5. The SMILES string of the molecule is Cc1c(C(=O)NCCCOCC2CCCO2)sc2ncn(C)c(=O)c12. The normalized spacial score (nSPS) is 17.3. The molecule has 3 heterocycles. The summed E-state index contributed by atoms with van der Waals surface area (Å²) >= 11 is 1.26. The molecule has 1 unspecified atom stereocenters. The van der Waals surface area contributed by atoms with Crippen LogP contribution in [0.25, 0.3) is 10.2 Å². The van der Waals surface area contributed by atoms with Gasteiger partial charge < -0.3 is 19.4 Å². The van der Waals surface area contributed by atoms with Gasteiger partial charge in [0.05, 0.1) is 29.3 Å². The van der Waals surface area contributed by atoms with Crippen molar-refractivity contribution in [3.05, 3.63) is 27.1 Å². The topological polar surface area (TPSA) is 82.4 Å². The Hall–Kier alpha value is -1.77. The van der Waals surface area contributed by atoms with Crippen molar-refractivity contribution in [2.45, 2.75) is 32.3 Å². The highest BCUT2D eigenvalue weighted by Crippen LogP contribution is 2.26. The van der Waals surface area contributed by atoms with Crippen LogP contribution in [-0.4, -0.2) is 47.9 Å². The highest BCUT2D eigenvalue weighted by molar-refractivity contribution is 7.20. The van der Waals surface area contributed by atoms with Gasteiger partial charge in [0.25, 0.3) is 11.5 Å². The highest BCUT2D eigenvalue weighted by Gasteiger charge is 2.19. The Morgan fingerprint density at radius 3 is 3.16 bits per heavy atom. The van der Waals surface area contributed by atoms with Crippen molar-refractivity contribution in [3.8, 4) is 0 Å². The van der Waals surface area contributed by atoms with Crippen LogP contribution in [0.4, 0.5) is 0 Å². The fraction of sp³-hybridized carbons (Fsp3) is 0.588. The molecule has 1 aliphatic rings. The van der Waals surface area contributed by atoms with Crippen molar-refractivity contribution < 1.29 is 14.3 Å². The number of nitrogens with zero attached hydrogens (tertiary/aromatic N) is 2. The molecule has 1 N–H and O–H groups in total. The molecule has 1 saturated heterocycles. The molecule has 1 fully saturated rings. The lowest BCUT2D eigenvalue weighted by molar-refractivity contribution is 0.0166. The zero-order valence-corrected chi connectivity index (χ0v) is 15.4. The molecule has 8 heteroatoms. The van der Waals surface area contributed by atoms with Crippen LogP contribution < -0.4 is 10.9 Å². The number of rotatable bonds is 7. The third-order valence-electron chi connectivity index (χ3n) is 4.30. The number of hydrogen-bond donors (Lipinski definition) is 1. The van der Waals surface area contributed by atoms with Gasteiger partial charge in [-0.25, -0.2) is 4.98 Å². The van der Waals surface area contributed by atoms with E-state index in [4.69, 9.17) is 9.47 Å². The van der Waals surface area contributed by atoms with Gasteiger partial charge in [-0.05, 0) is 31.7 Å². The fourth-order valence-corrected chi connectivity index (χ4v) is 3.93. The van der Waals surface area contributed by atoms with E-state index >= 15 is 0 Å². The van der Waals surface area contributed by atoms with Crippen LogP contribution in [0.2, 0.25) is 0 Å². The molecule has 2 aromatic heterocycles. The quantitative estimate of drug-likeness (QED) is 0.754. The minimum atomic E-state index is -0.165. The second-order valence-electron chi connectivity index (χ2n) is 6.22. The average Bonchev–Trinajstić information content (AvgIpc) is 3.22. The lowest BCUT2D eigenvalue weighted by Crippen LogP contribution is -2.25. The first kappa shape index (κ1) is 18.0. The summed E-state index contributed by atoms with van der Waals surface area (Å²) in [4.78, 5) is 30.0. The van der Waals surface area contributed by atoms with E-state index in [-0.39, 0.29) is 17.6 Å². The molecule has 1 amide bonds. The van der Waals surface area contributed by atoms with Crippen molar-refractivity contribution in [1.82, 2.24) is 14.9 Å². The van der Waals surface area contributed by atoms with Crippen molar-refractivity contribution in [2.75, 3.05) is 26.4 Å². The first-order chi connectivity index (χ1) is 12.1. The van der Waals surface area contributed by atoms with E-state index in [1.807, 2.05) is 0 Å². The Morgan fingerprint density at radius 2 is 2.40 bits per heavy atom. The Morgan fingerprint density at radius 1 is 1.56 bits per heavy atom. The van der Waals surface area contributed by atoms with Gasteiger partial charge in [0, 0.05) is 26.8 Å². The van der Waals surface area contributed by atoms with Crippen LogP contribution in [-0.2, 0) is 16.5 Å². The first-order valence-electron chi connectivity index (χ1n) is 8.50. The minimum Gasteiger partial charge on any atom is -0.379 e. The Balaban J connectivity index is 1.50. The summed E-state index contributed by atoms with van der Waals surface area (Å²) in [7, 11) is 1.66. The molecule has 0 radical (unpaired) electrons. The maximum Gasteiger partial charge on any atom is 0.262 e. The summed E-state index contributed by atoms with van der Waals surface area (Å²) in [6, 6.07) is 0. The van der Waals surface area contributed by atoms with Gasteiger partial charge in [-0.1, -0.05) is 0 Å². The van der Waals surface area contributed by atoms with E-state index in [0.717, 1.165) is 25.9 Å². The number of nitrogens with one attached hydrogen (secondary N) is 1. The predicted molar refractivity (Wildman–Crippen MR) is 96.3 cm³/mol. The van der Waals surface area contributed by atoms with E-state index in [0.29, 0.717) is 40.4 Å². The molecular formula is C17H23N3O4S. The monoisotopic (exact) mass is 365 g/mol. The van der Waals surface area contributed by atoms with Gasteiger partial charge >= 0.3 is 0 Å². The molecule has 0 spiro atoms. The lowest BCUT2D eigenvalue weighted by atomic mass is 10.2. The minimum absolute atomic E-state index is 0.125. The number of aromatic nitrogens is 2. The van der Waals surface area contributed by atoms with Gasteiger partial charge in [0.2, 0.25) is 0 Å². The summed E-state index contributed by atoms with van der Waals surface area (Å²) < 4.78 is 12.5. The number of aryl methyl sites for hydroxylation is 2. The number of ether oxygens (including phenoxy) is 2. The smallest absolute Gasteiger partial charge is 0.262 e. The van der Waals surface area contributed by atoms with Crippen molar-refractivity contribution in [2.24, 2.45) is 7.05 Å². The maximum absolute atomic E-state index is 12.4. The third kappa shape index (κ3) is 4.08. The second kappa shape index (κ2) is 8.07. The Bertz CT molecular complexity index is 808. The average molecular weight is 365 g/mol. The summed E-state index contributed by atoms with van der Waals surface area (Å²) in [6.45, 7) is 4.37. The Labute approximate surface area is 150 Å². The standard InChI is InChI=1S/C17H23N3O4S/c1-11-13-16(19-10-20(2)17(13)22)25-14(11)15(21)18-6-4-7-23-9-12-5-3-8-24-12/h10,12H,3-9H2,1-2H3,(H,18,21). The van der Waals surface area contributed by atoms with Crippen LogP contribution in [0.5, 0.6) is 0 Å². The van der Waals surface area contributed by atoms with E-state index < -0.39 is 0 Å². The molecule has 1 atom stereocenters.